The van der Waals surface area contributed by atoms with Crippen LogP contribution in [0.25, 0.3) is 0 Å². The summed E-state index contributed by atoms with van der Waals surface area (Å²) in [5, 5.41) is 19.9. The Morgan fingerprint density at radius 3 is 2.79 bits per heavy atom. The highest BCUT2D eigenvalue weighted by Gasteiger charge is 2.27. The molecule has 0 radical (unpaired) electrons. The summed E-state index contributed by atoms with van der Waals surface area (Å²) >= 11 is 0. The summed E-state index contributed by atoms with van der Waals surface area (Å²) in [6, 6.07) is 10.3. The number of ether oxygens (including phenoxy) is 1. The van der Waals surface area contributed by atoms with Crippen LogP contribution in [0.2, 0.25) is 0 Å². The average molecular weight is 328 g/mol. The highest BCUT2D eigenvalue weighted by Crippen LogP contribution is 2.36. The van der Waals surface area contributed by atoms with Gasteiger partial charge in [-0.25, -0.2) is 4.79 Å². The summed E-state index contributed by atoms with van der Waals surface area (Å²) < 4.78 is 5.27. The van der Waals surface area contributed by atoms with Crippen molar-refractivity contribution in [3.63, 3.8) is 0 Å². The van der Waals surface area contributed by atoms with E-state index >= 15 is 0 Å². The zero-order valence-electron chi connectivity index (χ0n) is 12.3. The fourth-order valence-corrected chi connectivity index (χ4v) is 2.47. The van der Waals surface area contributed by atoms with Gasteiger partial charge in [0.2, 0.25) is 0 Å². The normalized spacial score (nSPS) is 13.2. The number of nitrogens with zero attached hydrogens (tertiary/aromatic N) is 2. The first-order valence-corrected chi connectivity index (χ1v) is 6.99. The Kier molecular flexibility index (Phi) is 3.87. The third-order valence-electron chi connectivity index (χ3n) is 3.61. The fourth-order valence-electron chi connectivity index (χ4n) is 2.47. The minimum Gasteiger partial charge on any atom is -0.481 e. The molecule has 2 aromatic rings. The molecule has 0 saturated heterocycles. The molecular formula is C16H12N2O6. The Hall–Kier alpha value is -3.42. The molecule has 0 fully saturated rings. The zero-order valence-corrected chi connectivity index (χ0v) is 12.3. The van der Waals surface area contributed by atoms with Crippen LogP contribution in [0.3, 0.4) is 0 Å². The van der Waals surface area contributed by atoms with Crippen molar-refractivity contribution in [1.29, 1.82) is 0 Å². The predicted octanol–water partition coefficient (Wildman–Crippen LogP) is 2.22. The maximum atomic E-state index is 12.1. The standard InChI is InChI=1S/C16H12N2O6/c19-15-9-24-14-7-12(18(22)23)4-5-13(14)17(15)8-10-2-1-3-11(6-10)16(20)21/h1-7H,8-9H2,(H,20,21). The van der Waals surface area contributed by atoms with E-state index in [0.717, 1.165) is 0 Å². The van der Waals surface area contributed by atoms with Crippen LogP contribution in [0.15, 0.2) is 42.5 Å². The van der Waals surface area contributed by atoms with Crippen molar-refractivity contribution < 1.29 is 24.4 Å². The second kappa shape index (κ2) is 5.99. The molecule has 24 heavy (non-hydrogen) atoms. The van der Waals surface area contributed by atoms with E-state index in [9.17, 15) is 19.7 Å². The third kappa shape index (κ3) is 2.89. The quantitative estimate of drug-likeness (QED) is 0.680. The van der Waals surface area contributed by atoms with Crippen molar-refractivity contribution in [3.05, 3.63) is 63.7 Å². The third-order valence-corrected chi connectivity index (χ3v) is 3.61. The topological polar surface area (TPSA) is 110 Å². The van der Waals surface area contributed by atoms with E-state index in [0.29, 0.717) is 11.3 Å². The molecule has 0 unspecified atom stereocenters. The van der Waals surface area contributed by atoms with E-state index < -0.39 is 10.9 Å². The summed E-state index contributed by atoms with van der Waals surface area (Å²) in [5.74, 6) is -1.11. The summed E-state index contributed by atoms with van der Waals surface area (Å²) in [7, 11) is 0. The number of rotatable bonds is 4. The van der Waals surface area contributed by atoms with Crippen molar-refractivity contribution >= 4 is 23.3 Å². The molecule has 0 atom stereocenters. The van der Waals surface area contributed by atoms with Gasteiger partial charge in [-0.15, -0.1) is 0 Å². The molecule has 3 rings (SSSR count). The monoisotopic (exact) mass is 328 g/mol. The van der Waals surface area contributed by atoms with Crippen molar-refractivity contribution in [2.75, 3.05) is 11.5 Å². The Morgan fingerprint density at radius 1 is 1.29 bits per heavy atom. The van der Waals surface area contributed by atoms with E-state index in [-0.39, 0.29) is 36.1 Å². The number of carbonyl (C=O) groups excluding carboxylic acids is 1. The van der Waals surface area contributed by atoms with Gasteiger partial charge in [0, 0.05) is 6.07 Å². The van der Waals surface area contributed by atoms with Crippen LogP contribution in [0.5, 0.6) is 5.75 Å². The van der Waals surface area contributed by atoms with Gasteiger partial charge in [0.25, 0.3) is 11.6 Å². The fraction of sp³-hybridized carbons (Fsp3) is 0.125. The molecule has 2 aromatic carbocycles. The lowest BCUT2D eigenvalue weighted by atomic mass is 10.1. The lowest BCUT2D eigenvalue weighted by molar-refractivity contribution is -0.384. The number of hydrogen-bond donors (Lipinski definition) is 1. The number of benzene rings is 2. The molecule has 1 aliphatic heterocycles. The minimum atomic E-state index is -1.05. The number of carbonyl (C=O) groups is 2. The number of aromatic carboxylic acids is 1. The maximum Gasteiger partial charge on any atom is 0.335 e. The Labute approximate surface area is 136 Å². The molecule has 0 saturated carbocycles. The Bertz CT molecular complexity index is 848. The molecule has 1 aliphatic rings. The molecule has 0 bridgehead atoms. The van der Waals surface area contributed by atoms with Gasteiger partial charge >= 0.3 is 5.97 Å². The van der Waals surface area contributed by atoms with Crippen molar-refractivity contribution in [2.45, 2.75) is 6.54 Å². The van der Waals surface area contributed by atoms with Crippen molar-refractivity contribution in [3.8, 4) is 5.75 Å². The maximum absolute atomic E-state index is 12.1. The van der Waals surface area contributed by atoms with Gasteiger partial charge < -0.3 is 14.7 Å². The molecule has 0 spiro atoms. The highest BCUT2D eigenvalue weighted by atomic mass is 16.6. The first-order valence-electron chi connectivity index (χ1n) is 6.99. The molecule has 122 valence electrons. The predicted molar refractivity (Wildman–Crippen MR) is 83.2 cm³/mol. The van der Waals surface area contributed by atoms with E-state index in [4.69, 9.17) is 9.84 Å². The molecule has 8 nitrogen and oxygen atoms in total. The summed E-state index contributed by atoms with van der Waals surface area (Å²) in [6.45, 7) is -0.0824. The van der Waals surface area contributed by atoms with Gasteiger partial charge in [0.1, 0.15) is 0 Å². The highest BCUT2D eigenvalue weighted by molar-refractivity contribution is 5.98. The number of hydrogen-bond acceptors (Lipinski definition) is 5. The van der Waals surface area contributed by atoms with Gasteiger partial charge in [0.15, 0.2) is 12.4 Å². The lowest BCUT2D eigenvalue weighted by Crippen LogP contribution is -2.38. The first-order chi connectivity index (χ1) is 11.5. The van der Waals surface area contributed by atoms with Gasteiger partial charge in [-0.3, -0.25) is 14.9 Å². The number of carboxylic acids is 1. The van der Waals surface area contributed by atoms with Crippen LogP contribution in [0.1, 0.15) is 15.9 Å². The second-order valence-electron chi connectivity index (χ2n) is 5.18. The smallest absolute Gasteiger partial charge is 0.335 e. The number of carboxylic acid groups (broad SMARTS) is 1. The van der Waals surface area contributed by atoms with E-state index in [1.165, 1.54) is 35.2 Å². The molecular weight excluding hydrogens is 316 g/mol. The molecule has 0 aromatic heterocycles. The van der Waals surface area contributed by atoms with Crippen LogP contribution in [0, 0.1) is 10.1 Å². The number of anilines is 1. The van der Waals surface area contributed by atoms with E-state index in [1.54, 1.807) is 12.1 Å². The molecule has 1 N–H and O–H groups in total. The van der Waals surface area contributed by atoms with Gasteiger partial charge in [0.05, 0.1) is 28.8 Å². The van der Waals surface area contributed by atoms with Crippen LogP contribution in [-0.2, 0) is 11.3 Å². The van der Waals surface area contributed by atoms with Crippen LogP contribution >= 0.6 is 0 Å². The van der Waals surface area contributed by atoms with Crippen molar-refractivity contribution in [2.24, 2.45) is 0 Å². The van der Waals surface area contributed by atoms with Gasteiger partial charge in [-0.2, -0.15) is 0 Å². The average Bonchev–Trinajstić information content (AvgIpc) is 2.57. The SMILES string of the molecule is O=C(O)c1cccc(CN2C(=O)COc3cc([N+](=O)[O-])ccc32)c1. The molecule has 1 amide bonds. The summed E-state index contributed by atoms with van der Waals surface area (Å²) in [6.07, 6.45) is 0. The van der Waals surface area contributed by atoms with Crippen molar-refractivity contribution in [1.82, 2.24) is 0 Å². The van der Waals surface area contributed by atoms with Gasteiger partial charge in [-0.05, 0) is 23.8 Å². The zero-order chi connectivity index (χ0) is 17.3. The number of non-ortho nitro benzene ring substituents is 1. The number of amides is 1. The Morgan fingerprint density at radius 2 is 2.08 bits per heavy atom. The van der Waals surface area contributed by atoms with Crippen LogP contribution < -0.4 is 9.64 Å². The lowest BCUT2D eigenvalue weighted by Gasteiger charge is -2.29. The number of nitro groups is 1. The summed E-state index contributed by atoms with van der Waals surface area (Å²) in [4.78, 5) is 34.9. The number of fused-ring (bicyclic) bond motifs is 1. The van der Waals surface area contributed by atoms with E-state index in [2.05, 4.69) is 0 Å². The Balaban J connectivity index is 1.94. The second-order valence-corrected chi connectivity index (χ2v) is 5.18. The first kappa shape index (κ1) is 15.5. The van der Waals surface area contributed by atoms with E-state index in [1.807, 2.05) is 0 Å². The van der Waals surface area contributed by atoms with Crippen LogP contribution in [-0.4, -0.2) is 28.5 Å². The van der Waals surface area contributed by atoms with Gasteiger partial charge in [-0.1, -0.05) is 12.1 Å². The molecule has 1 heterocycles. The minimum absolute atomic E-state index is 0.122. The number of nitro benzene ring substituents is 1. The van der Waals surface area contributed by atoms with Crippen LogP contribution in [0.4, 0.5) is 11.4 Å². The largest absolute Gasteiger partial charge is 0.481 e. The molecule has 8 heteroatoms. The summed E-state index contributed by atoms with van der Waals surface area (Å²) in [5.41, 5.74) is 1.04. The molecule has 0 aliphatic carbocycles.